The third-order valence-corrected chi connectivity index (χ3v) is 4.63. The zero-order valence-electron chi connectivity index (χ0n) is 12.1. The molecule has 0 bridgehead atoms. The molecule has 0 amide bonds. The highest BCUT2D eigenvalue weighted by molar-refractivity contribution is 6.18. The highest BCUT2D eigenvalue weighted by Gasteiger charge is 2.24. The van der Waals surface area contributed by atoms with Crippen LogP contribution in [0.5, 0.6) is 0 Å². The zero-order valence-corrected chi connectivity index (χ0v) is 12.9. The summed E-state index contributed by atoms with van der Waals surface area (Å²) in [5.41, 5.74) is 2.23. The fourth-order valence-corrected chi connectivity index (χ4v) is 3.32. The fourth-order valence-electron chi connectivity index (χ4n) is 3.10. The molecule has 1 aliphatic rings. The molecule has 2 nitrogen and oxygen atoms in total. The van der Waals surface area contributed by atoms with Crippen molar-refractivity contribution in [2.75, 3.05) is 11.4 Å². The molecule has 0 saturated carbocycles. The first-order chi connectivity index (χ1) is 9.69. The topological polar surface area (TPSA) is 16.1 Å². The minimum absolute atomic E-state index is 0.536. The van der Waals surface area contributed by atoms with Crippen molar-refractivity contribution in [3.8, 4) is 0 Å². The quantitative estimate of drug-likeness (QED) is 0.751. The minimum Gasteiger partial charge on any atom is -0.354 e. The summed E-state index contributed by atoms with van der Waals surface area (Å²) in [6, 6.07) is 11.0. The maximum atomic E-state index is 6.14. The second-order valence-electron chi connectivity index (χ2n) is 5.97. The van der Waals surface area contributed by atoms with Gasteiger partial charge in [0.2, 0.25) is 0 Å². The van der Waals surface area contributed by atoms with Gasteiger partial charge in [0.25, 0.3) is 0 Å². The van der Waals surface area contributed by atoms with E-state index < -0.39 is 0 Å². The molecule has 1 aliphatic heterocycles. The molecule has 1 aromatic carbocycles. The van der Waals surface area contributed by atoms with Gasteiger partial charge in [-0.2, -0.15) is 0 Å². The monoisotopic (exact) mass is 288 g/mol. The van der Waals surface area contributed by atoms with Crippen LogP contribution in [0.25, 0.3) is 10.9 Å². The number of anilines is 1. The number of alkyl halides is 1. The van der Waals surface area contributed by atoms with Crippen LogP contribution < -0.4 is 4.90 Å². The number of fused-ring (bicyclic) bond motifs is 1. The molecule has 1 fully saturated rings. The number of hydrogen-bond acceptors (Lipinski definition) is 2. The van der Waals surface area contributed by atoms with Gasteiger partial charge in [0.1, 0.15) is 5.82 Å². The first kappa shape index (κ1) is 13.7. The van der Waals surface area contributed by atoms with E-state index in [9.17, 15) is 0 Å². The summed E-state index contributed by atoms with van der Waals surface area (Å²) in [5, 5.41) is 1.17. The number of hydrogen-bond donors (Lipinski definition) is 0. The standard InChI is InChI=1S/C17H21ClN2/c1-12-7-8-13(2)20(11-12)17-9-14(10-18)15-5-3-4-6-16(15)19-17/h3-6,9,12-13H,7-8,10-11H2,1-2H3. The molecule has 1 aromatic heterocycles. The molecule has 3 heteroatoms. The van der Waals surface area contributed by atoms with Crippen molar-refractivity contribution >= 4 is 28.3 Å². The van der Waals surface area contributed by atoms with E-state index in [2.05, 4.69) is 36.9 Å². The lowest BCUT2D eigenvalue weighted by atomic mass is 9.95. The van der Waals surface area contributed by atoms with E-state index >= 15 is 0 Å². The Bertz CT molecular complexity index is 611. The Morgan fingerprint density at radius 2 is 2.05 bits per heavy atom. The second kappa shape index (κ2) is 5.61. The Balaban J connectivity index is 2.07. The van der Waals surface area contributed by atoms with Crippen molar-refractivity contribution in [3.63, 3.8) is 0 Å². The van der Waals surface area contributed by atoms with E-state index in [1.807, 2.05) is 12.1 Å². The molecule has 0 radical (unpaired) electrons. The van der Waals surface area contributed by atoms with Gasteiger partial charge < -0.3 is 4.90 Å². The highest BCUT2D eigenvalue weighted by Crippen LogP contribution is 2.30. The first-order valence-corrected chi connectivity index (χ1v) is 7.93. The van der Waals surface area contributed by atoms with Crippen molar-refractivity contribution in [2.24, 2.45) is 5.92 Å². The van der Waals surface area contributed by atoms with Crippen LogP contribution in [0.4, 0.5) is 5.82 Å². The summed E-state index contributed by atoms with van der Waals surface area (Å²) >= 11 is 6.14. The minimum atomic E-state index is 0.536. The smallest absolute Gasteiger partial charge is 0.129 e. The van der Waals surface area contributed by atoms with E-state index in [4.69, 9.17) is 16.6 Å². The molecule has 1 saturated heterocycles. The van der Waals surface area contributed by atoms with E-state index in [1.54, 1.807) is 0 Å². The molecular formula is C17H21ClN2. The summed E-state index contributed by atoms with van der Waals surface area (Å²) in [5.74, 6) is 2.35. The Morgan fingerprint density at radius 3 is 2.85 bits per heavy atom. The average Bonchev–Trinajstić information content (AvgIpc) is 2.48. The van der Waals surface area contributed by atoms with Gasteiger partial charge in [0.15, 0.2) is 0 Å². The predicted octanol–water partition coefficient (Wildman–Crippen LogP) is 4.60. The van der Waals surface area contributed by atoms with Crippen LogP contribution >= 0.6 is 11.6 Å². The van der Waals surface area contributed by atoms with Crippen LogP contribution in [-0.4, -0.2) is 17.6 Å². The number of benzene rings is 1. The third kappa shape index (κ3) is 2.49. The number of para-hydroxylation sites is 1. The summed E-state index contributed by atoms with van der Waals surface area (Å²) in [4.78, 5) is 7.30. The molecule has 2 heterocycles. The summed E-state index contributed by atoms with van der Waals surface area (Å²) in [7, 11) is 0. The van der Waals surface area contributed by atoms with E-state index in [0.29, 0.717) is 11.9 Å². The van der Waals surface area contributed by atoms with Crippen molar-refractivity contribution in [2.45, 2.75) is 38.6 Å². The predicted molar refractivity (Wildman–Crippen MR) is 86.5 cm³/mol. The Morgan fingerprint density at radius 1 is 1.25 bits per heavy atom. The molecule has 106 valence electrons. The highest BCUT2D eigenvalue weighted by atomic mass is 35.5. The number of pyridine rings is 1. The Kier molecular flexibility index (Phi) is 3.84. The number of aromatic nitrogens is 1. The van der Waals surface area contributed by atoms with Crippen molar-refractivity contribution < 1.29 is 0 Å². The largest absolute Gasteiger partial charge is 0.354 e. The van der Waals surface area contributed by atoms with E-state index in [1.165, 1.54) is 23.8 Å². The third-order valence-electron chi connectivity index (χ3n) is 4.34. The molecule has 2 aromatic rings. The second-order valence-corrected chi connectivity index (χ2v) is 6.24. The summed E-state index contributed by atoms with van der Waals surface area (Å²) < 4.78 is 0. The van der Waals surface area contributed by atoms with Crippen LogP contribution in [0.1, 0.15) is 32.3 Å². The maximum absolute atomic E-state index is 6.14. The van der Waals surface area contributed by atoms with Gasteiger partial charge in [-0.05, 0) is 43.4 Å². The number of halogens is 1. The van der Waals surface area contributed by atoms with Crippen LogP contribution in [0.15, 0.2) is 30.3 Å². The molecule has 0 aliphatic carbocycles. The average molecular weight is 289 g/mol. The fraction of sp³-hybridized carbons (Fsp3) is 0.471. The normalized spacial score (nSPS) is 23.2. The summed E-state index contributed by atoms with van der Waals surface area (Å²) in [6.07, 6.45) is 2.56. The van der Waals surface area contributed by atoms with Crippen molar-refractivity contribution in [1.82, 2.24) is 4.98 Å². The molecule has 20 heavy (non-hydrogen) atoms. The molecule has 3 rings (SSSR count). The zero-order chi connectivity index (χ0) is 14.1. The Labute approximate surface area is 125 Å². The number of rotatable bonds is 2. The van der Waals surface area contributed by atoms with Crippen LogP contribution in [0.2, 0.25) is 0 Å². The van der Waals surface area contributed by atoms with Gasteiger partial charge in [0, 0.05) is 23.9 Å². The van der Waals surface area contributed by atoms with E-state index in [0.717, 1.165) is 23.8 Å². The van der Waals surface area contributed by atoms with Gasteiger partial charge in [-0.1, -0.05) is 25.1 Å². The van der Waals surface area contributed by atoms with Crippen LogP contribution in [0.3, 0.4) is 0 Å². The van der Waals surface area contributed by atoms with Gasteiger partial charge in [-0.15, -0.1) is 11.6 Å². The lowest BCUT2D eigenvalue weighted by molar-refractivity contribution is 0.388. The van der Waals surface area contributed by atoms with Gasteiger partial charge in [-0.3, -0.25) is 0 Å². The molecule has 2 unspecified atom stereocenters. The molecule has 2 atom stereocenters. The lowest BCUT2D eigenvalue weighted by Gasteiger charge is -2.38. The maximum Gasteiger partial charge on any atom is 0.129 e. The van der Waals surface area contributed by atoms with E-state index in [-0.39, 0.29) is 0 Å². The molecular weight excluding hydrogens is 268 g/mol. The van der Waals surface area contributed by atoms with Crippen LogP contribution in [0, 0.1) is 5.92 Å². The number of nitrogens with zero attached hydrogens (tertiary/aromatic N) is 2. The lowest BCUT2D eigenvalue weighted by Crippen LogP contribution is -2.41. The van der Waals surface area contributed by atoms with Gasteiger partial charge in [-0.25, -0.2) is 4.98 Å². The first-order valence-electron chi connectivity index (χ1n) is 7.40. The van der Waals surface area contributed by atoms with Crippen molar-refractivity contribution in [3.05, 3.63) is 35.9 Å². The molecule has 0 N–H and O–H groups in total. The van der Waals surface area contributed by atoms with Crippen LogP contribution in [-0.2, 0) is 5.88 Å². The SMILES string of the molecule is CC1CCC(C)N(c2cc(CCl)c3ccccc3n2)C1. The Hall–Kier alpha value is -1.28. The van der Waals surface area contributed by atoms with Gasteiger partial charge >= 0.3 is 0 Å². The summed E-state index contributed by atoms with van der Waals surface area (Å²) in [6.45, 7) is 5.71. The van der Waals surface area contributed by atoms with Crippen molar-refractivity contribution in [1.29, 1.82) is 0 Å². The molecule has 0 spiro atoms. The van der Waals surface area contributed by atoms with Gasteiger partial charge in [0.05, 0.1) is 5.52 Å². The number of piperidine rings is 1.